The number of nitrogens with zero attached hydrogens (tertiary/aromatic N) is 1. The first kappa shape index (κ1) is 21.8. The van der Waals surface area contributed by atoms with Crippen LogP contribution in [0.15, 0.2) is 36.4 Å². The van der Waals surface area contributed by atoms with Gasteiger partial charge in [-0.3, -0.25) is 14.5 Å². The Kier molecular flexibility index (Phi) is 7.48. The average molecular weight is 410 g/mol. The number of rotatable bonds is 7. The van der Waals surface area contributed by atoms with Crippen molar-refractivity contribution >= 4 is 29.1 Å². The molecule has 0 bridgehead atoms. The van der Waals surface area contributed by atoms with E-state index in [1.165, 1.54) is 6.07 Å². The Morgan fingerprint density at radius 3 is 2.54 bits per heavy atom. The molecule has 0 fully saturated rings. The molecule has 0 heterocycles. The van der Waals surface area contributed by atoms with Crippen LogP contribution in [0.1, 0.15) is 24.1 Å². The van der Waals surface area contributed by atoms with E-state index in [2.05, 4.69) is 10.6 Å². The number of carbonyl (C=O) groups excluding carboxylic acids is 2. The van der Waals surface area contributed by atoms with Gasteiger partial charge in [0.2, 0.25) is 11.8 Å². The molecule has 0 saturated carbocycles. The second-order valence-electron chi connectivity index (χ2n) is 6.50. The molecule has 150 valence electrons. The van der Waals surface area contributed by atoms with E-state index >= 15 is 0 Å². The van der Waals surface area contributed by atoms with Crippen LogP contribution in [-0.2, 0) is 9.59 Å². The third kappa shape index (κ3) is 5.74. The Morgan fingerprint density at radius 1 is 1.14 bits per heavy atom. The minimum atomic E-state index is -0.935. The number of hydrogen-bond donors (Lipinski definition) is 2. The molecule has 2 rings (SSSR count). The molecule has 0 spiro atoms. The van der Waals surface area contributed by atoms with Crippen LogP contribution in [0.4, 0.5) is 14.5 Å². The standard InChI is InChI=1S/C20H22ClF2N3O2/c1-12-15(21)5-4-6-18(12)25-19(27)10-24-20(28)11-26(3)13(2)14-7-8-16(22)17(23)9-14/h4-9,13H,10-11H2,1-3H3,(H,24,28)(H,25,27). The van der Waals surface area contributed by atoms with Gasteiger partial charge < -0.3 is 10.6 Å². The third-order valence-electron chi connectivity index (χ3n) is 4.47. The van der Waals surface area contributed by atoms with Crippen molar-refractivity contribution < 1.29 is 18.4 Å². The van der Waals surface area contributed by atoms with Crippen LogP contribution >= 0.6 is 11.6 Å². The number of nitrogens with one attached hydrogen (secondary N) is 2. The van der Waals surface area contributed by atoms with Crippen molar-refractivity contribution in [3.8, 4) is 0 Å². The number of anilines is 1. The Morgan fingerprint density at radius 2 is 1.86 bits per heavy atom. The van der Waals surface area contributed by atoms with E-state index < -0.39 is 11.6 Å². The molecule has 1 atom stereocenters. The maximum atomic E-state index is 13.4. The lowest BCUT2D eigenvalue weighted by molar-refractivity contribution is -0.125. The molecule has 0 aliphatic carbocycles. The number of halogens is 3. The predicted molar refractivity (Wildman–Crippen MR) is 105 cm³/mol. The zero-order valence-corrected chi connectivity index (χ0v) is 16.6. The van der Waals surface area contributed by atoms with Crippen molar-refractivity contribution in [2.45, 2.75) is 19.9 Å². The first-order chi connectivity index (χ1) is 13.2. The van der Waals surface area contributed by atoms with Gasteiger partial charge in [-0.1, -0.05) is 23.7 Å². The largest absolute Gasteiger partial charge is 0.346 e. The number of hydrogen-bond acceptors (Lipinski definition) is 3. The van der Waals surface area contributed by atoms with Crippen molar-refractivity contribution in [1.82, 2.24) is 10.2 Å². The molecule has 0 radical (unpaired) electrons. The minimum absolute atomic E-state index is 0.0103. The van der Waals surface area contributed by atoms with Gasteiger partial charge in [0, 0.05) is 16.8 Å². The molecule has 0 aliphatic rings. The lowest BCUT2D eigenvalue weighted by atomic mass is 10.1. The Hall–Kier alpha value is -2.51. The van der Waals surface area contributed by atoms with E-state index in [0.29, 0.717) is 16.3 Å². The Balaban J connectivity index is 1.84. The monoisotopic (exact) mass is 409 g/mol. The highest BCUT2D eigenvalue weighted by Crippen LogP contribution is 2.23. The summed E-state index contributed by atoms with van der Waals surface area (Å²) in [6.45, 7) is 3.35. The summed E-state index contributed by atoms with van der Waals surface area (Å²) in [6, 6.07) is 8.48. The van der Waals surface area contributed by atoms with Gasteiger partial charge in [0.1, 0.15) is 0 Å². The minimum Gasteiger partial charge on any atom is -0.346 e. The average Bonchev–Trinajstić information content (AvgIpc) is 2.65. The molecular formula is C20H22ClF2N3O2. The van der Waals surface area contributed by atoms with Crippen LogP contribution in [0.5, 0.6) is 0 Å². The van der Waals surface area contributed by atoms with Crippen LogP contribution in [0.25, 0.3) is 0 Å². The van der Waals surface area contributed by atoms with Crippen molar-refractivity contribution in [1.29, 1.82) is 0 Å². The number of benzene rings is 2. The summed E-state index contributed by atoms with van der Waals surface area (Å²) < 4.78 is 26.4. The van der Waals surface area contributed by atoms with Gasteiger partial charge in [-0.25, -0.2) is 8.78 Å². The van der Waals surface area contributed by atoms with E-state index in [-0.39, 0.29) is 30.9 Å². The molecule has 1 unspecified atom stereocenters. The van der Waals surface area contributed by atoms with E-state index in [1.807, 2.05) is 0 Å². The Bertz CT molecular complexity index is 877. The summed E-state index contributed by atoms with van der Waals surface area (Å²) in [5.41, 5.74) is 1.86. The topological polar surface area (TPSA) is 61.4 Å². The second kappa shape index (κ2) is 9.61. The van der Waals surface area contributed by atoms with Crippen LogP contribution in [-0.4, -0.2) is 36.9 Å². The van der Waals surface area contributed by atoms with Gasteiger partial charge in [0.15, 0.2) is 11.6 Å². The molecule has 8 heteroatoms. The summed E-state index contributed by atoms with van der Waals surface area (Å²) in [5, 5.41) is 5.76. The normalized spacial score (nSPS) is 12.0. The van der Waals surface area contributed by atoms with Crippen molar-refractivity contribution in [2.24, 2.45) is 0 Å². The summed E-state index contributed by atoms with van der Waals surface area (Å²) in [7, 11) is 1.68. The number of carbonyl (C=O) groups is 2. The van der Waals surface area contributed by atoms with Crippen molar-refractivity contribution in [2.75, 3.05) is 25.5 Å². The van der Waals surface area contributed by atoms with Crippen LogP contribution < -0.4 is 10.6 Å². The lowest BCUT2D eigenvalue weighted by Gasteiger charge is -2.24. The zero-order valence-electron chi connectivity index (χ0n) is 15.9. The highest BCUT2D eigenvalue weighted by atomic mass is 35.5. The van der Waals surface area contributed by atoms with Crippen molar-refractivity contribution in [3.05, 3.63) is 64.2 Å². The maximum Gasteiger partial charge on any atom is 0.243 e. The van der Waals surface area contributed by atoms with E-state index in [0.717, 1.165) is 17.7 Å². The van der Waals surface area contributed by atoms with Gasteiger partial charge in [-0.2, -0.15) is 0 Å². The molecular weight excluding hydrogens is 388 g/mol. The number of amides is 2. The highest BCUT2D eigenvalue weighted by molar-refractivity contribution is 6.31. The van der Waals surface area contributed by atoms with Crippen LogP contribution in [0.2, 0.25) is 5.02 Å². The summed E-state index contributed by atoms with van der Waals surface area (Å²) in [4.78, 5) is 25.8. The van der Waals surface area contributed by atoms with Crippen LogP contribution in [0.3, 0.4) is 0 Å². The van der Waals surface area contributed by atoms with Crippen LogP contribution in [0, 0.1) is 18.6 Å². The SMILES string of the molecule is Cc1c(Cl)cccc1NC(=O)CNC(=O)CN(C)C(C)c1ccc(F)c(F)c1. The first-order valence-electron chi connectivity index (χ1n) is 8.66. The molecule has 0 aromatic heterocycles. The molecule has 2 aromatic rings. The first-order valence-corrected chi connectivity index (χ1v) is 9.03. The van der Waals surface area contributed by atoms with Gasteiger partial charge in [-0.05, 0) is 56.3 Å². The fraction of sp³-hybridized carbons (Fsp3) is 0.300. The Labute approximate surface area is 167 Å². The van der Waals surface area contributed by atoms with E-state index in [9.17, 15) is 18.4 Å². The predicted octanol–water partition coefficient (Wildman–Crippen LogP) is 3.67. The summed E-state index contributed by atoms with van der Waals surface area (Å²) >= 11 is 6.01. The van der Waals surface area contributed by atoms with Gasteiger partial charge in [0.05, 0.1) is 13.1 Å². The molecule has 5 nitrogen and oxygen atoms in total. The molecule has 2 amide bonds. The number of likely N-dealkylation sites (N-methyl/N-ethyl adjacent to an activating group) is 1. The maximum absolute atomic E-state index is 13.4. The van der Waals surface area contributed by atoms with Gasteiger partial charge in [-0.15, -0.1) is 0 Å². The van der Waals surface area contributed by atoms with E-state index in [4.69, 9.17) is 11.6 Å². The van der Waals surface area contributed by atoms with Crippen molar-refractivity contribution in [3.63, 3.8) is 0 Å². The van der Waals surface area contributed by atoms with Gasteiger partial charge >= 0.3 is 0 Å². The molecule has 0 aliphatic heterocycles. The summed E-state index contributed by atoms with van der Waals surface area (Å²) in [6.07, 6.45) is 0. The fourth-order valence-electron chi connectivity index (χ4n) is 2.56. The second-order valence-corrected chi connectivity index (χ2v) is 6.91. The zero-order chi connectivity index (χ0) is 20.8. The molecule has 2 N–H and O–H groups in total. The fourth-order valence-corrected chi connectivity index (χ4v) is 2.74. The van der Waals surface area contributed by atoms with E-state index in [1.54, 1.807) is 44.0 Å². The smallest absolute Gasteiger partial charge is 0.243 e. The quantitative estimate of drug-likeness (QED) is 0.733. The van der Waals surface area contributed by atoms with Gasteiger partial charge in [0.25, 0.3) is 0 Å². The third-order valence-corrected chi connectivity index (χ3v) is 4.88. The lowest BCUT2D eigenvalue weighted by Crippen LogP contribution is -2.40. The highest BCUT2D eigenvalue weighted by Gasteiger charge is 2.17. The summed E-state index contributed by atoms with van der Waals surface area (Å²) in [5.74, 6) is -2.60. The molecule has 28 heavy (non-hydrogen) atoms. The molecule has 0 saturated heterocycles. The molecule has 2 aromatic carbocycles.